The Kier molecular flexibility index (Phi) is 4.48. The maximum atomic E-state index is 11.2. The highest BCUT2D eigenvalue weighted by Crippen LogP contribution is 2.09. The van der Waals surface area contributed by atoms with E-state index in [0.717, 1.165) is 4.47 Å². The third kappa shape index (κ3) is 3.83. The normalized spacial score (nSPS) is 9.80. The second-order valence-corrected chi connectivity index (χ2v) is 3.78. The minimum Gasteiger partial charge on any atom is -0.465 e. The highest BCUT2D eigenvalue weighted by molar-refractivity contribution is 9.10. The number of hydrogen-bond donors (Lipinski definition) is 0. The summed E-state index contributed by atoms with van der Waals surface area (Å²) >= 11 is 3.24. The van der Waals surface area contributed by atoms with E-state index in [1.807, 2.05) is 0 Å². The molecule has 0 unspecified atom stereocenters. The lowest BCUT2D eigenvalue weighted by Crippen LogP contribution is -2.28. The molecule has 0 N–H and O–H groups in total. The third-order valence-electron chi connectivity index (χ3n) is 1.62. The average molecular weight is 274 g/mol. The molecule has 1 aromatic heterocycles. The van der Waals surface area contributed by atoms with Crippen LogP contribution in [0.25, 0.3) is 0 Å². The zero-order valence-corrected chi connectivity index (χ0v) is 10.2. The Morgan fingerprint density at radius 3 is 2.67 bits per heavy atom. The van der Waals surface area contributed by atoms with E-state index in [1.54, 1.807) is 31.3 Å². The summed E-state index contributed by atoms with van der Waals surface area (Å²) in [5.41, 5.74) is 0. The molecule has 0 fully saturated rings. The summed E-state index contributed by atoms with van der Waals surface area (Å²) in [5.74, 6) is 0.206. The first-order valence-electron chi connectivity index (χ1n) is 4.47. The molecule has 0 amide bonds. The second kappa shape index (κ2) is 5.65. The van der Waals surface area contributed by atoms with E-state index in [4.69, 9.17) is 4.74 Å². The summed E-state index contributed by atoms with van der Waals surface area (Å²) in [6.45, 7) is 2.30. The van der Waals surface area contributed by atoms with Crippen LogP contribution in [-0.2, 0) is 9.53 Å². The van der Waals surface area contributed by atoms with Gasteiger partial charge in [0, 0.05) is 19.4 Å². The van der Waals surface area contributed by atoms with Gasteiger partial charge in [0.05, 0.1) is 11.1 Å². The zero-order valence-electron chi connectivity index (χ0n) is 8.61. The number of halogens is 1. The summed E-state index contributed by atoms with van der Waals surface area (Å²) < 4.78 is 5.61. The molecule has 0 spiro atoms. The molecule has 0 aliphatic carbocycles. The number of nitrogens with zero attached hydrogens (tertiary/aromatic N) is 3. The Hall–Kier alpha value is -1.17. The van der Waals surface area contributed by atoms with Gasteiger partial charge in [-0.1, -0.05) is 0 Å². The number of anilines is 1. The molecule has 6 heteroatoms. The molecule has 0 saturated carbocycles. The van der Waals surface area contributed by atoms with Crippen LogP contribution in [0.2, 0.25) is 0 Å². The Bertz CT molecular complexity index is 329. The molecule has 82 valence electrons. The molecule has 1 aromatic rings. The smallest absolute Gasteiger partial charge is 0.325 e. The number of hydrogen-bond acceptors (Lipinski definition) is 5. The minimum absolute atomic E-state index is 0.148. The first-order valence-corrected chi connectivity index (χ1v) is 5.27. The first kappa shape index (κ1) is 11.9. The number of rotatable bonds is 4. The molecule has 1 heterocycles. The molecule has 0 aliphatic rings. The van der Waals surface area contributed by atoms with Gasteiger partial charge >= 0.3 is 5.97 Å². The van der Waals surface area contributed by atoms with Crippen LogP contribution in [0.3, 0.4) is 0 Å². The van der Waals surface area contributed by atoms with Crippen LogP contribution in [0.4, 0.5) is 5.95 Å². The van der Waals surface area contributed by atoms with Crippen molar-refractivity contribution in [3.8, 4) is 0 Å². The van der Waals surface area contributed by atoms with Gasteiger partial charge in [-0.2, -0.15) is 0 Å². The van der Waals surface area contributed by atoms with Crippen LogP contribution in [0, 0.1) is 0 Å². The van der Waals surface area contributed by atoms with E-state index in [-0.39, 0.29) is 12.5 Å². The largest absolute Gasteiger partial charge is 0.465 e. The van der Waals surface area contributed by atoms with Gasteiger partial charge in [0.25, 0.3) is 0 Å². The van der Waals surface area contributed by atoms with Gasteiger partial charge < -0.3 is 9.64 Å². The number of carbonyl (C=O) groups excluding carboxylic acids is 1. The van der Waals surface area contributed by atoms with E-state index in [9.17, 15) is 4.79 Å². The van der Waals surface area contributed by atoms with Crippen molar-refractivity contribution in [3.05, 3.63) is 16.9 Å². The van der Waals surface area contributed by atoms with Crippen LogP contribution in [-0.4, -0.2) is 36.1 Å². The molecular formula is C9H12BrN3O2. The number of carbonyl (C=O) groups is 1. The lowest BCUT2D eigenvalue weighted by atomic mass is 10.5. The van der Waals surface area contributed by atoms with E-state index < -0.39 is 0 Å². The molecular weight excluding hydrogens is 262 g/mol. The minimum atomic E-state index is -0.286. The van der Waals surface area contributed by atoms with Crippen LogP contribution < -0.4 is 4.90 Å². The summed E-state index contributed by atoms with van der Waals surface area (Å²) in [6.07, 6.45) is 3.26. The fourth-order valence-corrected chi connectivity index (χ4v) is 1.18. The summed E-state index contributed by atoms with van der Waals surface area (Å²) in [7, 11) is 1.74. The standard InChI is InChI=1S/C9H12BrN3O2/c1-3-15-8(14)6-13(2)9-11-4-7(10)5-12-9/h4-5H,3,6H2,1-2H3. The van der Waals surface area contributed by atoms with Crippen molar-refractivity contribution in [1.82, 2.24) is 9.97 Å². The van der Waals surface area contributed by atoms with Gasteiger partial charge in [-0.15, -0.1) is 0 Å². The van der Waals surface area contributed by atoms with Crippen molar-refractivity contribution < 1.29 is 9.53 Å². The van der Waals surface area contributed by atoms with Crippen LogP contribution >= 0.6 is 15.9 Å². The highest BCUT2D eigenvalue weighted by Gasteiger charge is 2.09. The van der Waals surface area contributed by atoms with E-state index in [0.29, 0.717) is 12.6 Å². The van der Waals surface area contributed by atoms with Gasteiger partial charge in [0.15, 0.2) is 0 Å². The summed E-state index contributed by atoms with van der Waals surface area (Å²) in [4.78, 5) is 20.9. The van der Waals surface area contributed by atoms with Crippen molar-refractivity contribution >= 4 is 27.8 Å². The van der Waals surface area contributed by atoms with E-state index in [1.165, 1.54) is 0 Å². The Balaban J connectivity index is 2.57. The SMILES string of the molecule is CCOC(=O)CN(C)c1ncc(Br)cn1. The van der Waals surface area contributed by atoms with Crippen molar-refractivity contribution in [3.63, 3.8) is 0 Å². The highest BCUT2D eigenvalue weighted by atomic mass is 79.9. The maximum absolute atomic E-state index is 11.2. The number of likely N-dealkylation sites (N-methyl/N-ethyl adjacent to an activating group) is 1. The molecule has 15 heavy (non-hydrogen) atoms. The maximum Gasteiger partial charge on any atom is 0.325 e. The average Bonchev–Trinajstić information content (AvgIpc) is 2.18. The fraction of sp³-hybridized carbons (Fsp3) is 0.444. The number of ether oxygens (including phenoxy) is 1. The van der Waals surface area contributed by atoms with Gasteiger partial charge in [0.1, 0.15) is 6.54 Å². The molecule has 0 bridgehead atoms. The molecule has 0 aromatic carbocycles. The van der Waals surface area contributed by atoms with Gasteiger partial charge in [-0.25, -0.2) is 9.97 Å². The Labute approximate surface area is 96.6 Å². The molecule has 5 nitrogen and oxygen atoms in total. The van der Waals surface area contributed by atoms with Crippen molar-refractivity contribution in [1.29, 1.82) is 0 Å². The lowest BCUT2D eigenvalue weighted by Gasteiger charge is -2.15. The van der Waals surface area contributed by atoms with Crippen molar-refractivity contribution in [2.24, 2.45) is 0 Å². The van der Waals surface area contributed by atoms with Crippen molar-refractivity contribution in [2.45, 2.75) is 6.92 Å². The molecule has 0 radical (unpaired) electrons. The van der Waals surface area contributed by atoms with E-state index >= 15 is 0 Å². The summed E-state index contributed by atoms with van der Waals surface area (Å²) in [5, 5.41) is 0. The third-order valence-corrected chi connectivity index (χ3v) is 2.03. The molecule has 1 rings (SSSR count). The van der Waals surface area contributed by atoms with Crippen LogP contribution in [0.1, 0.15) is 6.92 Å². The fourth-order valence-electron chi connectivity index (χ4n) is 0.974. The Morgan fingerprint density at radius 2 is 2.13 bits per heavy atom. The predicted molar refractivity (Wildman–Crippen MR) is 59.6 cm³/mol. The topological polar surface area (TPSA) is 55.3 Å². The number of esters is 1. The summed E-state index contributed by atoms with van der Waals surface area (Å²) in [6, 6.07) is 0. The predicted octanol–water partition coefficient (Wildman–Crippen LogP) is 1.24. The van der Waals surface area contributed by atoms with Gasteiger partial charge in [-0.05, 0) is 22.9 Å². The Morgan fingerprint density at radius 1 is 1.53 bits per heavy atom. The van der Waals surface area contributed by atoms with Crippen LogP contribution in [0.15, 0.2) is 16.9 Å². The molecule has 0 aliphatic heterocycles. The van der Waals surface area contributed by atoms with Crippen LogP contribution in [0.5, 0.6) is 0 Å². The monoisotopic (exact) mass is 273 g/mol. The van der Waals surface area contributed by atoms with E-state index in [2.05, 4.69) is 25.9 Å². The quantitative estimate of drug-likeness (QED) is 0.773. The second-order valence-electron chi connectivity index (χ2n) is 2.86. The molecule has 0 atom stereocenters. The zero-order chi connectivity index (χ0) is 11.3. The van der Waals surface area contributed by atoms with Gasteiger partial charge in [-0.3, -0.25) is 4.79 Å². The molecule has 0 saturated heterocycles. The van der Waals surface area contributed by atoms with Crippen molar-refractivity contribution in [2.75, 3.05) is 25.1 Å². The number of aromatic nitrogens is 2. The lowest BCUT2D eigenvalue weighted by molar-refractivity contribution is -0.141. The first-order chi connectivity index (χ1) is 7.13. The van der Waals surface area contributed by atoms with Gasteiger partial charge in [0.2, 0.25) is 5.95 Å².